The minimum absolute atomic E-state index is 0.0507. The average Bonchev–Trinajstić information content (AvgIpc) is 4.20. The van der Waals surface area contributed by atoms with Crippen molar-refractivity contribution >= 4 is 11.7 Å². The van der Waals surface area contributed by atoms with Gasteiger partial charge in [0.05, 0.1) is 11.3 Å². The van der Waals surface area contributed by atoms with E-state index in [0.29, 0.717) is 58.5 Å². The molecule has 4 aromatic heterocycles. The third-order valence-corrected chi connectivity index (χ3v) is 9.66. The fourth-order valence-electron chi connectivity index (χ4n) is 5.28. The third kappa shape index (κ3) is 22.8. The molecule has 0 aliphatic carbocycles. The van der Waals surface area contributed by atoms with Gasteiger partial charge in [-0.3, -0.25) is 40.0 Å². The second-order valence-electron chi connectivity index (χ2n) is 19.0. The number of aromatic amines is 4. The summed E-state index contributed by atoms with van der Waals surface area (Å²) >= 11 is 0. The van der Waals surface area contributed by atoms with E-state index in [1.54, 1.807) is 27.7 Å². The van der Waals surface area contributed by atoms with Crippen LogP contribution in [0.5, 0.6) is 11.5 Å². The molecular formula is C50H76F2N14O9. The number of rotatable bonds is 8. The highest BCUT2D eigenvalue weighted by Crippen LogP contribution is 2.27. The SMILES string of the molecule is C=C1N=C(C(C)C)NN1.C=C1NN=C(C(C)C)O1.CC(C)c1c(O)c(=O)c1=O.CC(C)c1ccc(F)c(O)c1F.CC(C)c1n[nH]c(=O)[nH]1.CC(C)c1ncn[nH]1.CC(C)c1noc(=O)[nH]1.Cc1cc(C(C)C)no1. The van der Waals surface area contributed by atoms with Gasteiger partial charge in [0.1, 0.15) is 35.4 Å². The smallest absolute Gasteiger partial charge is 0.438 e. The molecule has 0 saturated carbocycles. The molecule has 75 heavy (non-hydrogen) atoms. The van der Waals surface area contributed by atoms with Gasteiger partial charge in [0.25, 0.3) is 5.43 Å². The van der Waals surface area contributed by atoms with E-state index in [4.69, 9.17) is 19.5 Å². The van der Waals surface area contributed by atoms with Gasteiger partial charge in [0.15, 0.2) is 29.0 Å². The quantitative estimate of drug-likeness (QED) is 0.0647. The number of amidine groups is 1. The Hall–Kier alpha value is -7.99. The summed E-state index contributed by atoms with van der Waals surface area (Å²) in [5, 5.41) is 41.4. The standard InChI is InChI=1S/C9H10F2O.C7H11NO.C7H8O3.C6H11N3.C6H10N2O.C5H9N3O.C5H9N3.C5H8N2O2/c1-5(2)6-3-4-7(10)9(12)8(6)11;1-5(2)7-4-6(3)9-8-7;1-3(2)4-5(8)7(10)6(4)9;1-4(2)6-7-5(3)8-9-6;1-4(2)6-8-7-5(3)9-6;1-3(2)4-6-5(9)8-7-4;1-4(2)5-6-3-7-8-5;1-3(2)4-6-5(8)9-7-4/h3-5,12H,1-2H3;4-5H,1-3H3;3,8H,1-2H3;4,8H,3H2,1-2H3,(H,7,9);4,7H,3H2,1-2H3;3H,1-2H3,(H2,6,7,8,9);3-4H,1-2H3,(H,6,7,8);3H,1-2H3,(H,6,7,8). The highest BCUT2D eigenvalue weighted by atomic mass is 19.1. The van der Waals surface area contributed by atoms with Gasteiger partial charge in [0.2, 0.25) is 17.2 Å². The summed E-state index contributed by atoms with van der Waals surface area (Å²) in [7, 11) is 0. The number of phenolic OH excluding ortho intramolecular Hbond substituents is 1. The van der Waals surface area contributed by atoms with Crippen LogP contribution < -0.4 is 38.6 Å². The largest absolute Gasteiger partial charge is 0.504 e. The summed E-state index contributed by atoms with van der Waals surface area (Å²) in [6.45, 7) is 40.4. The maximum absolute atomic E-state index is 13.0. The van der Waals surface area contributed by atoms with Crippen molar-refractivity contribution in [2.24, 2.45) is 21.9 Å². The molecule has 414 valence electrons. The summed E-state index contributed by atoms with van der Waals surface area (Å²) in [5.41, 5.74) is 8.44. The van der Waals surface area contributed by atoms with E-state index < -0.39 is 34.0 Å². The molecule has 8 rings (SSSR count). The first-order valence-corrected chi connectivity index (χ1v) is 24.1. The van der Waals surface area contributed by atoms with Crippen molar-refractivity contribution in [2.45, 2.75) is 153 Å². The fourth-order valence-corrected chi connectivity index (χ4v) is 5.28. The maximum atomic E-state index is 13.0. The molecule has 0 bridgehead atoms. The molecular weight excluding hydrogens is 979 g/mol. The molecule has 25 heteroatoms. The Balaban J connectivity index is 0.000000430. The van der Waals surface area contributed by atoms with Crippen molar-refractivity contribution < 1.29 is 32.8 Å². The van der Waals surface area contributed by atoms with E-state index in [9.17, 15) is 28.0 Å². The molecule has 0 radical (unpaired) electrons. The molecule has 23 nitrogen and oxygen atoms in total. The number of hydrogen-bond donors (Lipinski definition) is 9. The van der Waals surface area contributed by atoms with Crippen molar-refractivity contribution in [1.29, 1.82) is 0 Å². The number of H-pyrrole nitrogens is 4. The van der Waals surface area contributed by atoms with Gasteiger partial charge < -0.3 is 19.5 Å². The monoisotopic (exact) mass is 1050 g/mol. The Morgan fingerprint density at radius 1 is 0.640 bits per heavy atom. The first-order chi connectivity index (χ1) is 34.9. The predicted molar refractivity (Wildman–Crippen MR) is 283 cm³/mol. The maximum Gasteiger partial charge on any atom is 0.438 e. The highest BCUT2D eigenvalue weighted by Gasteiger charge is 2.22. The third-order valence-electron chi connectivity index (χ3n) is 9.66. The van der Waals surface area contributed by atoms with E-state index in [1.807, 2.05) is 54.5 Å². The van der Waals surface area contributed by atoms with Gasteiger partial charge in [0, 0.05) is 35.7 Å². The van der Waals surface area contributed by atoms with Crippen molar-refractivity contribution in [1.82, 2.24) is 61.9 Å². The molecule has 9 N–H and O–H groups in total. The predicted octanol–water partition coefficient (Wildman–Crippen LogP) is 8.31. The number of hydrogen-bond acceptors (Lipinski definition) is 19. The lowest BCUT2D eigenvalue weighted by molar-refractivity contribution is 0.379. The number of benzene rings is 1. The number of halogens is 2. The van der Waals surface area contributed by atoms with Crippen molar-refractivity contribution in [2.75, 3.05) is 0 Å². The number of nitrogens with one attached hydrogen (secondary N) is 7. The summed E-state index contributed by atoms with van der Waals surface area (Å²) in [5.74, 6) is 4.61. The van der Waals surface area contributed by atoms with Gasteiger partial charge in [-0.2, -0.15) is 10.2 Å². The van der Waals surface area contributed by atoms with Crippen LogP contribution in [0, 0.1) is 30.4 Å². The lowest BCUT2D eigenvalue weighted by Gasteiger charge is -2.07. The molecule has 2 aliphatic heterocycles. The van der Waals surface area contributed by atoms with Gasteiger partial charge in [-0.1, -0.05) is 134 Å². The fraction of sp³-hybridized carbons (Fsp3) is 0.500. The summed E-state index contributed by atoms with van der Waals surface area (Å²) in [4.78, 5) is 54.8. The molecule has 0 fully saturated rings. The van der Waals surface area contributed by atoms with E-state index in [1.165, 1.54) is 12.4 Å². The van der Waals surface area contributed by atoms with Crippen molar-refractivity contribution in [3.05, 3.63) is 143 Å². The minimum atomic E-state index is -0.920. The molecule has 0 spiro atoms. The molecule has 2 aromatic carbocycles. The molecule has 0 atom stereocenters. The Labute approximate surface area is 434 Å². The molecule has 0 unspecified atom stereocenters. The minimum Gasteiger partial charge on any atom is -0.504 e. The van der Waals surface area contributed by atoms with Crippen molar-refractivity contribution in [3.63, 3.8) is 0 Å². The average molecular weight is 1060 g/mol. The number of hydrazone groups is 1. The van der Waals surface area contributed by atoms with Gasteiger partial charge in [-0.05, 0) is 42.9 Å². The van der Waals surface area contributed by atoms with E-state index in [2.05, 4.69) is 131 Å². The zero-order valence-corrected chi connectivity index (χ0v) is 46.0. The number of aromatic hydroxyl groups is 2. The normalized spacial score (nSPS) is 12.3. The van der Waals surface area contributed by atoms with Crippen LogP contribution in [0.4, 0.5) is 8.78 Å². The number of phenols is 1. The highest BCUT2D eigenvalue weighted by molar-refractivity contribution is 5.86. The molecule has 2 aliphatic rings. The summed E-state index contributed by atoms with van der Waals surface area (Å²) in [6, 6.07) is 4.37. The van der Waals surface area contributed by atoms with Crippen LogP contribution in [0.2, 0.25) is 0 Å². The van der Waals surface area contributed by atoms with Crippen LogP contribution in [0.3, 0.4) is 0 Å². The number of aromatic nitrogens is 9. The van der Waals surface area contributed by atoms with Crippen LogP contribution in [0.15, 0.2) is 87.7 Å². The molecule has 0 saturated heterocycles. The number of aliphatic imine (C=N–C) groups is 1. The van der Waals surface area contributed by atoms with Crippen LogP contribution in [-0.4, -0.2) is 67.6 Å². The van der Waals surface area contributed by atoms with Gasteiger partial charge in [-0.15, -0.1) is 5.10 Å². The van der Waals surface area contributed by atoms with Crippen molar-refractivity contribution in [3.8, 4) is 11.5 Å². The lowest BCUT2D eigenvalue weighted by atomic mass is 9.98. The number of hydrazine groups is 1. The number of ether oxygens (including phenoxy) is 1. The topological polar surface area (TPSA) is 333 Å². The zero-order valence-electron chi connectivity index (χ0n) is 46.0. The first-order valence-electron chi connectivity index (χ1n) is 24.1. The molecule has 6 aromatic rings. The summed E-state index contributed by atoms with van der Waals surface area (Å²) in [6.07, 6.45) is 1.52. The first kappa shape index (κ1) is 65.0. The van der Waals surface area contributed by atoms with Gasteiger partial charge >= 0.3 is 11.4 Å². The van der Waals surface area contributed by atoms with E-state index >= 15 is 0 Å². The van der Waals surface area contributed by atoms with Gasteiger partial charge in [-0.25, -0.2) is 38.9 Å². The zero-order chi connectivity index (χ0) is 57.4. The number of aryl methyl sites for hydroxylation is 1. The number of nitrogens with zero attached hydrogens (tertiary/aromatic N) is 7. The van der Waals surface area contributed by atoms with E-state index in [-0.39, 0.29) is 40.7 Å². The Kier molecular flexibility index (Phi) is 27.4. The Morgan fingerprint density at radius 2 is 1.25 bits per heavy atom. The summed E-state index contributed by atoms with van der Waals surface area (Å²) < 4.78 is 39.8. The Morgan fingerprint density at radius 3 is 1.52 bits per heavy atom. The van der Waals surface area contributed by atoms with Crippen LogP contribution in [0.1, 0.15) is 186 Å². The second kappa shape index (κ2) is 31.6. The second-order valence-corrected chi connectivity index (χ2v) is 19.0. The Bertz CT molecular complexity index is 2860. The molecule has 6 heterocycles. The van der Waals surface area contributed by atoms with E-state index in [0.717, 1.165) is 29.2 Å². The lowest BCUT2D eigenvalue weighted by Crippen LogP contribution is -2.34. The van der Waals surface area contributed by atoms with Crippen LogP contribution in [-0.2, 0) is 4.74 Å². The van der Waals surface area contributed by atoms with Crippen LogP contribution >= 0.6 is 0 Å². The molecule has 0 amide bonds. The van der Waals surface area contributed by atoms with Crippen LogP contribution in [0.25, 0.3) is 0 Å².